The molecule has 2 fully saturated rings. The van der Waals surface area contributed by atoms with Crippen LogP contribution in [0.4, 0.5) is 0 Å². The molecule has 0 spiro atoms. The number of rotatable bonds is 3. The van der Waals surface area contributed by atoms with Crippen LogP contribution in [0.5, 0.6) is 0 Å². The monoisotopic (exact) mass is 312 g/mol. The van der Waals surface area contributed by atoms with Crippen molar-refractivity contribution in [2.45, 2.75) is 57.0 Å². The van der Waals surface area contributed by atoms with Gasteiger partial charge < -0.3 is 19.3 Å². The topological polar surface area (TPSA) is 103 Å². The molecule has 0 amide bonds. The van der Waals surface area contributed by atoms with Crippen LogP contribution in [-0.2, 0) is 19.9 Å². The van der Waals surface area contributed by atoms with Gasteiger partial charge in [-0.15, -0.1) is 0 Å². The van der Waals surface area contributed by atoms with E-state index >= 15 is 0 Å². The van der Waals surface area contributed by atoms with Gasteiger partial charge in [-0.1, -0.05) is 6.92 Å². The summed E-state index contributed by atoms with van der Waals surface area (Å²) in [6.07, 6.45) is 0.575. The summed E-state index contributed by atoms with van der Waals surface area (Å²) >= 11 is 0. The highest BCUT2D eigenvalue weighted by molar-refractivity contribution is 5.06. The Morgan fingerprint density at radius 3 is 2.64 bits per heavy atom. The van der Waals surface area contributed by atoms with E-state index in [0.717, 1.165) is 0 Å². The average Bonchev–Trinajstić information content (AvgIpc) is 2.91. The van der Waals surface area contributed by atoms with Crippen LogP contribution >= 0.6 is 0 Å². The van der Waals surface area contributed by atoms with Gasteiger partial charge in [0, 0.05) is 12.3 Å². The number of nitrogens with zero attached hydrogens (tertiary/aromatic N) is 1. The standard InChI is InChI=1S/C14H20N2O6/c1-4-8-10-11(22-13(2,3)21-10)14(7-17,20-8)16-6-5-9(18)15-12(16)19/h5-6,8,10-11,17H,4,7H2,1-3H3,(H,15,18,19)/t8-,10+,11?,14-/m1/s1. The summed E-state index contributed by atoms with van der Waals surface area (Å²) in [4.78, 5) is 25.6. The van der Waals surface area contributed by atoms with Gasteiger partial charge in [0.05, 0.1) is 12.7 Å². The van der Waals surface area contributed by atoms with Crippen molar-refractivity contribution in [2.24, 2.45) is 0 Å². The minimum Gasteiger partial charge on any atom is -0.391 e. The average molecular weight is 312 g/mol. The number of H-pyrrole nitrogens is 1. The van der Waals surface area contributed by atoms with Crippen molar-refractivity contribution in [1.29, 1.82) is 0 Å². The molecule has 2 aliphatic heterocycles. The first-order valence-corrected chi connectivity index (χ1v) is 7.30. The van der Waals surface area contributed by atoms with E-state index < -0.39 is 41.6 Å². The van der Waals surface area contributed by atoms with E-state index in [4.69, 9.17) is 14.2 Å². The van der Waals surface area contributed by atoms with Crippen LogP contribution in [0.1, 0.15) is 27.2 Å². The van der Waals surface area contributed by atoms with E-state index in [-0.39, 0.29) is 6.10 Å². The zero-order valence-electron chi connectivity index (χ0n) is 12.7. The van der Waals surface area contributed by atoms with Crippen LogP contribution < -0.4 is 11.2 Å². The lowest BCUT2D eigenvalue weighted by Gasteiger charge is -2.34. The number of nitrogens with one attached hydrogen (secondary N) is 1. The smallest absolute Gasteiger partial charge is 0.330 e. The minimum absolute atomic E-state index is 0.322. The molecular formula is C14H20N2O6. The van der Waals surface area contributed by atoms with E-state index in [1.807, 2.05) is 6.92 Å². The third kappa shape index (κ3) is 2.14. The molecule has 3 rings (SSSR count). The van der Waals surface area contributed by atoms with Gasteiger partial charge in [-0.2, -0.15) is 0 Å². The largest absolute Gasteiger partial charge is 0.391 e. The number of ether oxygens (including phenoxy) is 3. The lowest BCUT2D eigenvalue weighted by atomic mass is 10.0. The summed E-state index contributed by atoms with van der Waals surface area (Å²) in [5.41, 5.74) is -2.59. The van der Waals surface area contributed by atoms with Gasteiger partial charge in [-0.05, 0) is 20.3 Å². The van der Waals surface area contributed by atoms with Crippen LogP contribution in [0.3, 0.4) is 0 Å². The molecule has 2 N–H and O–H groups in total. The van der Waals surface area contributed by atoms with Gasteiger partial charge in [0.15, 0.2) is 5.79 Å². The highest BCUT2D eigenvalue weighted by Crippen LogP contribution is 2.46. The van der Waals surface area contributed by atoms with Crippen molar-refractivity contribution in [3.8, 4) is 0 Å². The predicted molar refractivity (Wildman–Crippen MR) is 75.4 cm³/mol. The normalized spacial score (nSPS) is 36.5. The van der Waals surface area contributed by atoms with Gasteiger partial charge in [-0.25, -0.2) is 4.79 Å². The minimum atomic E-state index is -1.42. The Labute approximate surface area is 126 Å². The van der Waals surface area contributed by atoms with E-state index in [0.29, 0.717) is 6.42 Å². The Hall–Kier alpha value is -1.48. The molecule has 122 valence electrons. The van der Waals surface area contributed by atoms with Crippen molar-refractivity contribution >= 4 is 0 Å². The second kappa shape index (κ2) is 5.02. The molecule has 1 aromatic heterocycles. The van der Waals surface area contributed by atoms with Crippen molar-refractivity contribution in [3.05, 3.63) is 33.1 Å². The zero-order chi connectivity index (χ0) is 16.1. The lowest BCUT2D eigenvalue weighted by Crippen LogP contribution is -2.54. The molecule has 2 aliphatic rings. The van der Waals surface area contributed by atoms with Gasteiger partial charge >= 0.3 is 5.69 Å². The van der Waals surface area contributed by atoms with Crippen molar-refractivity contribution in [2.75, 3.05) is 6.61 Å². The Morgan fingerprint density at radius 1 is 1.32 bits per heavy atom. The number of aliphatic hydroxyl groups is 1. The number of aromatic amines is 1. The Morgan fingerprint density at radius 2 is 2.05 bits per heavy atom. The lowest BCUT2D eigenvalue weighted by molar-refractivity contribution is -0.241. The Kier molecular flexibility index (Phi) is 3.52. The predicted octanol–water partition coefficient (Wildman–Crippen LogP) is -0.489. The fraction of sp³-hybridized carbons (Fsp3) is 0.714. The quantitative estimate of drug-likeness (QED) is 0.781. The van der Waals surface area contributed by atoms with Crippen LogP contribution in [0.15, 0.2) is 21.9 Å². The number of hydrogen-bond donors (Lipinski definition) is 2. The highest BCUT2D eigenvalue weighted by atomic mass is 16.8. The third-order valence-electron chi connectivity index (χ3n) is 4.16. The van der Waals surface area contributed by atoms with Gasteiger partial charge in [-0.3, -0.25) is 14.3 Å². The third-order valence-corrected chi connectivity index (χ3v) is 4.16. The molecule has 4 atom stereocenters. The summed E-state index contributed by atoms with van der Waals surface area (Å²) in [7, 11) is 0. The fourth-order valence-corrected chi connectivity index (χ4v) is 3.23. The molecular weight excluding hydrogens is 292 g/mol. The number of hydrogen-bond acceptors (Lipinski definition) is 6. The number of aliphatic hydroxyl groups excluding tert-OH is 1. The summed E-state index contributed by atoms with van der Waals surface area (Å²) in [6, 6.07) is 1.21. The summed E-state index contributed by atoms with van der Waals surface area (Å²) in [6.45, 7) is 5.00. The zero-order valence-corrected chi connectivity index (χ0v) is 12.7. The second-order valence-electron chi connectivity index (χ2n) is 6.07. The van der Waals surface area contributed by atoms with Crippen LogP contribution in [0.25, 0.3) is 0 Å². The molecule has 0 saturated carbocycles. The first-order valence-electron chi connectivity index (χ1n) is 7.30. The Balaban J connectivity index is 2.12. The van der Waals surface area contributed by atoms with Crippen LogP contribution in [-0.4, -0.2) is 45.4 Å². The number of aromatic nitrogens is 2. The molecule has 3 heterocycles. The second-order valence-corrected chi connectivity index (χ2v) is 6.07. The first kappa shape index (κ1) is 15.4. The number of fused-ring (bicyclic) bond motifs is 1. The van der Waals surface area contributed by atoms with E-state index in [2.05, 4.69) is 4.98 Å². The molecule has 0 bridgehead atoms. The van der Waals surface area contributed by atoms with E-state index in [9.17, 15) is 14.7 Å². The SMILES string of the molecule is CC[C@H]1O[C@@](CO)(n2ccc(=O)[nH]c2=O)C2OC(C)(C)O[C@H]21. The van der Waals surface area contributed by atoms with Crippen molar-refractivity contribution < 1.29 is 19.3 Å². The summed E-state index contributed by atoms with van der Waals surface area (Å²) in [5, 5.41) is 9.98. The maximum atomic E-state index is 12.2. The Bertz CT molecular complexity index is 680. The maximum absolute atomic E-state index is 12.2. The van der Waals surface area contributed by atoms with E-state index in [1.54, 1.807) is 13.8 Å². The van der Waals surface area contributed by atoms with Gasteiger partial charge in [0.1, 0.15) is 12.2 Å². The molecule has 2 saturated heterocycles. The van der Waals surface area contributed by atoms with Crippen molar-refractivity contribution in [3.63, 3.8) is 0 Å². The maximum Gasteiger partial charge on any atom is 0.330 e. The van der Waals surface area contributed by atoms with Crippen LogP contribution in [0.2, 0.25) is 0 Å². The van der Waals surface area contributed by atoms with Gasteiger partial charge in [0.2, 0.25) is 5.72 Å². The summed E-state index contributed by atoms with van der Waals surface area (Å²) < 4.78 is 18.9. The molecule has 0 radical (unpaired) electrons. The van der Waals surface area contributed by atoms with Crippen LogP contribution in [0, 0.1) is 0 Å². The summed E-state index contributed by atoms with van der Waals surface area (Å²) in [5.74, 6) is -0.835. The van der Waals surface area contributed by atoms with Crippen molar-refractivity contribution in [1.82, 2.24) is 9.55 Å². The van der Waals surface area contributed by atoms with Gasteiger partial charge in [0.25, 0.3) is 5.56 Å². The molecule has 0 aliphatic carbocycles. The fourth-order valence-electron chi connectivity index (χ4n) is 3.23. The molecule has 1 unspecified atom stereocenters. The molecule has 22 heavy (non-hydrogen) atoms. The molecule has 1 aromatic rings. The molecule has 8 heteroatoms. The molecule has 0 aromatic carbocycles. The molecule has 8 nitrogen and oxygen atoms in total. The first-order chi connectivity index (χ1) is 10.3. The van der Waals surface area contributed by atoms with E-state index in [1.165, 1.54) is 16.8 Å². The highest BCUT2D eigenvalue weighted by Gasteiger charge is 2.63.